The molecule has 1 N–H and O–H groups in total. The quantitative estimate of drug-likeness (QED) is 0.419. The highest BCUT2D eigenvalue weighted by atomic mass is 35.5. The van der Waals surface area contributed by atoms with Gasteiger partial charge in [0.15, 0.2) is 0 Å². The monoisotopic (exact) mass is 470 g/mol. The highest BCUT2D eigenvalue weighted by Crippen LogP contribution is 2.34. The summed E-state index contributed by atoms with van der Waals surface area (Å²) in [5.74, 6) is 0.229. The Bertz CT molecular complexity index is 1300. The average molecular weight is 471 g/mol. The highest BCUT2D eigenvalue weighted by Gasteiger charge is 2.27. The number of benzene rings is 2. The van der Waals surface area contributed by atoms with Crippen LogP contribution in [0.1, 0.15) is 36.6 Å². The van der Waals surface area contributed by atoms with E-state index in [4.69, 9.17) is 16.3 Å². The number of nitrogens with zero attached hydrogens (tertiary/aromatic N) is 5. The number of hydrogen-bond donors (Lipinski definition) is 1. The van der Waals surface area contributed by atoms with Gasteiger partial charge in [-0.05, 0) is 36.6 Å². The minimum Gasteiger partial charge on any atom is -0.494 e. The molecule has 1 aliphatic rings. The number of rotatable bonds is 5. The number of halogens is 3. The molecule has 10 heteroatoms. The molecule has 0 spiro atoms. The number of anilines is 2. The van der Waals surface area contributed by atoms with Crippen molar-refractivity contribution >= 4 is 23.2 Å². The van der Waals surface area contributed by atoms with Crippen molar-refractivity contribution in [2.24, 2.45) is 0 Å². The molecule has 1 atom stereocenters. The molecule has 0 bridgehead atoms. The number of fused-ring (bicyclic) bond motifs is 1. The SMILES string of the molecule is COc1cc(Nc2nc3n(n2)CCCCC3c2ccc(F)cc2F)ccc1-n1cnc(Cl)c1. The number of aryl methyl sites for hydroxylation is 1. The lowest BCUT2D eigenvalue weighted by Crippen LogP contribution is -2.10. The van der Waals surface area contributed by atoms with Crippen molar-refractivity contribution in [3.63, 3.8) is 0 Å². The average Bonchev–Trinajstić information content (AvgIpc) is 3.35. The molecule has 33 heavy (non-hydrogen) atoms. The topological polar surface area (TPSA) is 69.8 Å². The molecule has 7 nitrogen and oxygen atoms in total. The first-order valence-electron chi connectivity index (χ1n) is 10.6. The Morgan fingerprint density at radius 3 is 2.79 bits per heavy atom. The predicted octanol–water partition coefficient (Wildman–Crippen LogP) is 5.46. The second-order valence-corrected chi connectivity index (χ2v) is 8.23. The Balaban J connectivity index is 1.45. The number of hydrogen-bond acceptors (Lipinski definition) is 5. The Labute approximate surface area is 194 Å². The van der Waals surface area contributed by atoms with Crippen LogP contribution in [0.4, 0.5) is 20.4 Å². The summed E-state index contributed by atoms with van der Waals surface area (Å²) < 4.78 is 37.1. The van der Waals surface area contributed by atoms with E-state index in [0.29, 0.717) is 34.8 Å². The van der Waals surface area contributed by atoms with Crippen LogP contribution in [0.3, 0.4) is 0 Å². The van der Waals surface area contributed by atoms with Gasteiger partial charge >= 0.3 is 0 Å². The number of imidazole rings is 1. The van der Waals surface area contributed by atoms with Crippen molar-refractivity contribution in [1.29, 1.82) is 0 Å². The Morgan fingerprint density at radius 2 is 2.03 bits per heavy atom. The van der Waals surface area contributed by atoms with Crippen LogP contribution >= 0.6 is 11.6 Å². The number of ether oxygens (including phenoxy) is 1. The van der Waals surface area contributed by atoms with Gasteiger partial charge in [0.05, 0.1) is 12.8 Å². The first-order chi connectivity index (χ1) is 16.0. The lowest BCUT2D eigenvalue weighted by atomic mass is 9.93. The van der Waals surface area contributed by atoms with E-state index in [1.165, 1.54) is 12.1 Å². The van der Waals surface area contributed by atoms with Gasteiger partial charge in [-0.1, -0.05) is 24.1 Å². The molecule has 1 unspecified atom stereocenters. The summed E-state index contributed by atoms with van der Waals surface area (Å²) >= 11 is 5.93. The Hall–Kier alpha value is -3.46. The van der Waals surface area contributed by atoms with Crippen LogP contribution in [0.25, 0.3) is 5.69 Å². The molecule has 170 valence electrons. The molecule has 0 aliphatic carbocycles. The van der Waals surface area contributed by atoms with Gasteiger partial charge in [-0.15, -0.1) is 5.10 Å². The molecule has 0 fully saturated rings. The molecule has 0 saturated carbocycles. The van der Waals surface area contributed by atoms with Gasteiger partial charge in [-0.2, -0.15) is 4.98 Å². The smallest absolute Gasteiger partial charge is 0.246 e. The molecular formula is C23H21ClF2N6O. The summed E-state index contributed by atoms with van der Waals surface area (Å²) in [4.78, 5) is 8.71. The second kappa shape index (κ2) is 8.82. The lowest BCUT2D eigenvalue weighted by molar-refractivity contribution is 0.413. The molecule has 0 radical (unpaired) electrons. The normalized spacial score (nSPS) is 15.7. The minimum atomic E-state index is -0.593. The third-order valence-electron chi connectivity index (χ3n) is 5.73. The zero-order chi connectivity index (χ0) is 22.9. The van der Waals surface area contributed by atoms with E-state index in [1.54, 1.807) is 24.2 Å². The largest absolute Gasteiger partial charge is 0.494 e. The van der Waals surface area contributed by atoms with Crippen LogP contribution in [0.2, 0.25) is 5.15 Å². The summed E-state index contributed by atoms with van der Waals surface area (Å²) in [7, 11) is 1.58. The number of methoxy groups -OCH3 is 1. The number of aromatic nitrogens is 5. The van der Waals surface area contributed by atoms with Crippen LogP contribution < -0.4 is 10.1 Å². The van der Waals surface area contributed by atoms with Gasteiger partial charge in [0.1, 0.15) is 34.7 Å². The van der Waals surface area contributed by atoms with E-state index >= 15 is 0 Å². The van der Waals surface area contributed by atoms with E-state index in [1.807, 2.05) is 22.9 Å². The highest BCUT2D eigenvalue weighted by molar-refractivity contribution is 6.29. The molecule has 2 aromatic heterocycles. The van der Waals surface area contributed by atoms with E-state index in [0.717, 1.165) is 36.7 Å². The van der Waals surface area contributed by atoms with Crippen LogP contribution in [-0.4, -0.2) is 31.4 Å². The molecule has 3 heterocycles. The first kappa shape index (κ1) is 21.4. The summed E-state index contributed by atoms with van der Waals surface area (Å²) in [6.07, 6.45) is 5.83. The van der Waals surface area contributed by atoms with Crippen LogP contribution in [0.5, 0.6) is 5.75 Å². The van der Waals surface area contributed by atoms with Crippen LogP contribution in [0, 0.1) is 11.6 Å². The molecule has 0 saturated heterocycles. The Morgan fingerprint density at radius 1 is 1.15 bits per heavy atom. The zero-order valence-corrected chi connectivity index (χ0v) is 18.6. The van der Waals surface area contributed by atoms with Gasteiger partial charge < -0.3 is 14.6 Å². The fraction of sp³-hybridized carbons (Fsp3) is 0.261. The van der Waals surface area contributed by atoms with Crippen molar-refractivity contribution < 1.29 is 13.5 Å². The summed E-state index contributed by atoms with van der Waals surface area (Å²) in [5.41, 5.74) is 1.94. The van der Waals surface area contributed by atoms with Crippen molar-refractivity contribution in [3.8, 4) is 11.4 Å². The Kier molecular flexibility index (Phi) is 5.72. The van der Waals surface area contributed by atoms with Crippen LogP contribution in [-0.2, 0) is 6.54 Å². The molecule has 1 aliphatic heterocycles. The predicted molar refractivity (Wildman–Crippen MR) is 120 cm³/mol. The lowest BCUT2D eigenvalue weighted by Gasteiger charge is -2.15. The van der Waals surface area contributed by atoms with E-state index < -0.39 is 11.6 Å². The van der Waals surface area contributed by atoms with Gasteiger partial charge in [0, 0.05) is 36.5 Å². The molecule has 4 aromatic rings. The zero-order valence-electron chi connectivity index (χ0n) is 17.8. The molecular weight excluding hydrogens is 450 g/mol. The maximum atomic E-state index is 14.5. The van der Waals surface area contributed by atoms with Gasteiger partial charge in [0.25, 0.3) is 0 Å². The number of nitrogens with one attached hydrogen (secondary N) is 1. The van der Waals surface area contributed by atoms with Gasteiger partial charge in [-0.3, -0.25) is 0 Å². The summed E-state index contributed by atoms with van der Waals surface area (Å²) in [5, 5.41) is 8.19. The molecule has 5 rings (SSSR count). The van der Waals surface area contributed by atoms with Crippen molar-refractivity contribution in [1.82, 2.24) is 24.3 Å². The van der Waals surface area contributed by atoms with Gasteiger partial charge in [-0.25, -0.2) is 18.4 Å². The summed E-state index contributed by atoms with van der Waals surface area (Å²) in [6.45, 7) is 0.687. The standard InChI is InChI=1S/C23H21ClF2N6O/c1-33-20-11-15(6-8-19(20)31-12-21(24)27-13-31)28-23-29-22-17(4-2-3-9-32(22)30-23)16-7-5-14(25)10-18(16)26/h5-8,10-13,17H,2-4,9H2,1H3,(H,28,30). The fourth-order valence-corrected chi connectivity index (χ4v) is 4.32. The van der Waals surface area contributed by atoms with Crippen molar-refractivity contribution in [2.45, 2.75) is 31.7 Å². The third kappa shape index (κ3) is 4.28. The van der Waals surface area contributed by atoms with Crippen LogP contribution in [0.15, 0.2) is 48.9 Å². The maximum absolute atomic E-state index is 14.5. The fourth-order valence-electron chi connectivity index (χ4n) is 4.18. The minimum absolute atomic E-state index is 0.293. The summed E-state index contributed by atoms with van der Waals surface area (Å²) in [6, 6.07) is 9.27. The maximum Gasteiger partial charge on any atom is 0.246 e. The molecule has 2 aromatic carbocycles. The second-order valence-electron chi connectivity index (χ2n) is 7.85. The van der Waals surface area contributed by atoms with E-state index in [9.17, 15) is 8.78 Å². The van der Waals surface area contributed by atoms with Gasteiger partial charge in [0.2, 0.25) is 5.95 Å². The first-order valence-corrected chi connectivity index (χ1v) is 10.9. The van der Waals surface area contributed by atoms with Crippen molar-refractivity contribution in [2.75, 3.05) is 12.4 Å². The van der Waals surface area contributed by atoms with E-state index in [-0.39, 0.29) is 5.92 Å². The third-order valence-corrected chi connectivity index (χ3v) is 5.92. The van der Waals surface area contributed by atoms with Crippen molar-refractivity contribution in [3.05, 3.63) is 77.1 Å². The van der Waals surface area contributed by atoms with E-state index in [2.05, 4.69) is 20.4 Å². The molecule has 0 amide bonds.